The summed E-state index contributed by atoms with van der Waals surface area (Å²) in [6.45, 7) is 3.02. The maximum absolute atomic E-state index is 12.5. The number of pyridine rings is 1. The number of carbonyl (C=O) groups is 1. The molecule has 3 rings (SSSR count). The van der Waals surface area contributed by atoms with Crippen LogP contribution in [-0.4, -0.2) is 22.2 Å². The van der Waals surface area contributed by atoms with E-state index in [-0.39, 0.29) is 11.1 Å². The molecule has 1 heterocycles. The molecule has 0 aliphatic carbocycles. The van der Waals surface area contributed by atoms with Crippen LogP contribution >= 0.6 is 15.9 Å². The Labute approximate surface area is 183 Å². The van der Waals surface area contributed by atoms with Crippen LogP contribution in [0.25, 0.3) is 12.2 Å². The second kappa shape index (κ2) is 10.1. The number of ether oxygens (including phenoxy) is 1. The quantitative estimate of drug-likeness (QED) is 0.498. The molecule has 0 aliphatic rings. The first-order chi connectivity index (χ1) is 14.5. The Bertz CT molecular complexity index is 1120. The van der Waals surface area contributed by atoms with Gasteiger partial charge in [0.2, 0.25) is 0 Å². The van der Waals surface area contributed by atoms with Crippen LogP contribution in [0.1, 0.15) is 34.1 Å². The third-order valence-electron chi connectivity index (χ3n) is 4.60. The predicted molar refractivity (Wildman–Crippen MR) is 122 cm³/mol. The molecule has 0 radical (unpaired) electrons. The summed E-state index contributed by atoms with van der Waals surface area (Å²) in [5, 5.41) is 9.02. The van der Waals surface area contributed by atoms with Gasteiger partial charge in [-0.05, 0) is 76.8 Å². The number of carboxylic acids is 1. The van der Waals surface area contributed by atoms with Crippen LogP contribution in [0.5, 0.6) is 5.75 Å². The number of rotatable bonds is 8. The van der Waals surface area contributed by atoms with Crippen LogP contribution in [-0.2, 0) is 13.0 Å². The number of benzene rings is 2. The highest BCUT2D eigenvalue weighted by molar-refractivity contribution is 9.10. The molecule has 6 heteroatoms. The van der Waals surface area contributed by atoms with Gasteiger partial charge in [0.25, 0.3) is 5.56 Å². The van der Waals surface area contributed by atoms with Crippen molar-refractivity contribution in [2.75, 3.05) is 6.61 Å². The number of nitrogens with zero attached hydrogens (tertiary/aromatic N) is 1. The highest BCUT2D eigenvalue weighted by Gasteiger charge is 2.08. The van der Waals surface area contributed by atoms with Gasteiger partial charge >= 0.3 is 5.97 Å². The summed E-state index contributed by atoms with van der Waals surface area (Å²) in [6.07, 6.45) is 4.46. The predicted octanol–water partition coefficient (Wildman–Crippen LogP) is 5.12. The Kier molecular flexibility index (Phi) is 7.25. The fourth-order valence-electron chi connectivity index (χ4n) is 3.07. The van der Waals surface area contributed by atoms with E-state index < -0.39 is 5.97 Å². The van der Waals surface area contributed by atoms with Gasteiger partial charge in [-0.25, -0.2) is 4.79 Å². The first kappa shape index (κ1) is 21.6. The monoisotopic (exact) mass is 467 g/mol. The molecule has 0 bridgehead atoms. The maximum Gasteiger partial charge on any atom is 0.335 e. The lowest BCUT2D eigenvalue weighted by Gasteiger charge is -2.12. The van der Waals surface area contributed by atoms with Crippen molar-refractivity contribution in [3.05, 3.63) is 97.9 Å². The molecule has 0 amide bonds. The van der Waals surface area contributed by atoms with Gasteiger partial charge < -0.3 is 14.4 Å². The van der Waals surface area contributed by atoms with E-state index in [0.717, 1.165) is 27.0 Å². The van der Waals surface area contributed by atoms with E-state index in [2.05, 4.69) is 15.9 Å². The molecule has 30 heavy (non-hydrogen) atoms. The zero-order valence-corrected chi connectivity index (χ0v) is 18.1. The molecular weight excluding hydrogens is 446 g/mol. The Morgan fingerprint density at radius 2 is 1.87 bits per heavy atom. The van der Waals surface area contributed by atoms with Crippen molar-refractivity contribution in [1.82, 2.24) is 4.57 Å². The van der Waals surface area contributed by atoms with Gasteiger partial charge in [0.05, 0.1) is 17.9 Å². The topological polar surface area (TPSA) is 68.5 Å². The van der Waals surface area contributed by atoms with Gasteiger partial charge in [-0.15, -0.1) is 0 Å². The van der Waals surface area contributed by atoms with Crippen molar-refractivity contribution in [2.24, 2.45) is 0 Å². The largest absolute Gasteiger partial charge is 0.494 e. The molecule has 0 saturated heterocycles. The molecule has 0 unspecified atom stereocenters. The van der Waals surface area contributed by atoms with E-state index in [4.69, 9.17) is 9.84 Å². The van der Waals surface area contributed by atoms with E-state index in [1.807, 2.05) is 43.3 Å². The summed E-state index contributed by atoms with van der Waals surface area (Å²) in [6, 6.07) is 17.7. The lowest BCUT2D eigenvalue weighted by molar-refractivity contribution is 0.0697. The van der Waals surface area contributed by atoms with Crippen molar-refractivity contribution in [1.29, 1.82) is 0 Å². The molecule has 154 valence electrons. The van der Waals surface area contributed by atoms with Gasteiger partial charge in [-0.1, -0.05) is 30.3 Å². The Morgan fingerprint density at radius 1 is 1.10 bits per heavy atom. The third kappa shape index (κ3) is 5.48. The number of halogens is 1. The summed E-state index contributed by atoms with van der Waals surface area (Å²) in [5.74, 6) is -0.153. The minimum atomic E-state index is -0.953. The molecule has 0 saturated carbocycles. The van der Waals surface area contributed by atoms with Crippen molar-refractivity contribution < 1.29 is 14.6 Å². The molecule has 1 aromatic heterocycles. The molecule has 2 aromatic carbocycles. The van der Waals surface area contributed by atoms with Crippen LogP contribution in [0, 0.1) is 0 Å². The van der Waals surface area contributed by atoms with Crippen LogP contribution in [0.2, 0.25) is 0 Å². The SMILES string of the molecule is CCOc1cccc(/C=C/c2c(Br)ccc(=O)n2CCc2ccc(C(=O)O)cc2)c1. The Hall–Kier alpha value is -3.12. The summed E-state index contributed by atoms with van der Waals surface area (Å²) < 4.78 is 8.07. The second-order valence-electron chi connectivity index (χ2n) is 6.65. The van der Waals surface area contributed by atoms with E-state index in [1.54, 1.807) is 34.9 Å². The summed E-state index contributed by atoms with van der Waals surface area (Å²) in [5.41, 5.74) is 2.86. The fourth-order valence-corrected chi connectivity index (χ4v) is 3.55. The molecule has 1 N–H and O–H groups in total. The van der Waals surface area contributed by atoms with Gasteiger partial charge in [-0.3, -0.25) is 4.79 Å². The smallest absolute Gasteiger partial charge is 0.335 e. The molecule has 0 aliphatic heterocycles. The minimum Gasteiger partial charge on any atom is -0.494 e. The van der Waals surface area contributed by atoms with Crippen molar-refractivity contribution >= 4 is 34.1 Å². The molecule has 0 fully saturated rings. The minimum absolute atomic E-state index is 0.0944. The Morgan fingerprint density at radius 3 is 2.57 bits per heavy atom. The lowest BCUT2D eigenvalue weighted by Crippen LogP contribution is -2.22. The van der Waals surface area contributed by atoms with E-state index >= 15 is 0 Å². The average molecular weight is 468 g/mol. The number of hydrogen-bond donors (Lipinski definition) is 1. The molecule has 5 nitrogen and oxygen atoms in total. The van der Waals surface area contributed by atoms with Crippen molar-refractivity contribution in [2.45, 2.75) is 19.9 Å². The van der Waals surface area contributed by atoms with Crippen LogP contribution in [0.3, 0.4) is 0 Å². The van der Waals surface area contributed by atoms with Crippen LogP contribution in [0.15, 0.2) is 69.9 Å². The van der Waals surface area contributed by atoms with Gasteiger partial charge in [-0.2, -0.15) is 0 Å². The van der Waals surface area contributed by atoms with Crippen molar-refractivity contribution in [3.8, 4) is 5.75 Å². The molecule has 3 aromatic rings. The van der Waals surface area contributed by atoms with E-state index in [0.29, 0.717) is 19.6 Å². The first-order valence-electron chi connectivity index (χ1n) is 9.60. The summed E-state index contributed by atoms with van der Waals surface area (Å²) >= 11 is 3.54. The molecule has 0 spiro atoms. The van der Waals surface area contributed by atoms with Gasteiger partial charge in [0.15, 0.2) is 0 Å². The van der Waals surface area contributed by atoms with E-state index in [1.165, 1.54) is 6.07 Å². The van der Waals surface area contributed by atoms with E-state index in [9.17, 15) is 9.59 Å². The summed E-state index contributed by atoms with van der Waals surface area (Å²) in [7, 11) is 0. The summed E-state index contributed by atoms with van der Waals surface area (Å²) in [4.78, 5) is 23.5. The number of carboxylic acid groups (broad SMARTS) is 1. The zero-order valence-electron chi connectivity index (χ0n) is 16.5. The zero-order chi connectivity index (χ0) is 21.5. The second-order valence-corrected chi connectivity index (χ2v) is 7.50. The highest BCUT2D eigenvalue weighted by atomic mass is 79.9. The Balaban J connectivity index is 1.83. The molecule has 0 atom stereocenters. The standard InChI is InChI=1S/C24H22BrNO4/c1-2-30-20-5-3-4-18(16-20)8-12-22-21(25)11-13-23(27)26(22)15-14-17-6-9-19(10-7-17)24(28)29/h3-13,16H,2,14-15H2,1H3,(H,28,29)/b12-8+. The maximum atomic E-state index is 12.5. The molecular formula is C24H22BrNO4. The number of aromatic carboxylic acids is 1. The van der Waals surface area contributed by atoms with Crippen molar-refractivity contribution in [3.63, 3.8) is 0 Å². The highest BCUT2D eigenvalue weighted by Crippen LogP contribution is 2.20. The van der Waals surface area contributed by atoms with Gasteiger partial charge in [0.1, 0.15) is 5.75 Å². The normalized spacial score (nSPS) is 11.0. The number of aryl methyl sites for hydroxylation is 1. The van der Waals surface area contributed by atoms with Gasteiger partial charge in [0, 0.05) is 17.1 Å². The fraction of sp³-hybridized carbons (Fsp3) is 0.167. The number of aromatic nitrogens is 1. The van der Waals surface area contributed by atoms with Crippen LogP contribution in [0.4, 0.5) is 0 Å². The first-order valence-corrected chi connectivity index (χ1v) is 10.4. The lowest BCUT2D eigenvalue weighted by atomic mass is 10.1. The third-order valence-corrected chi connectivity index (χ3v) is 5.27. The number of hydrogen-bond acceptors (Lipinski definition) is 3. The van der Waals surface area contributed by atoms with Crippen LogP contribution < -0.4 is 10.3 Å². The average Bonchev–Trinajstić information content (AvgIpc) is 2.74.